The average Bonchev–Trinajstić information content (AvgIpc) is 2.89. The maximum Gasteiger partial charge on any atom is 0.326 e. The Kier molecular flexibility index (Phi) is 17.8. The maximum absolute atomic E-state index is 13.0. The summed E-state index contributed by atoms with van der Waals surface area (Å²) in [6.07, 6.45) is 1.17. The molecule has 0 aromatic carbocycles. The first-order chi connectivity index (χ1) is 19.6. The molecule has 42 heavy (non-hydrogen) atoms. The van der Waals surface area contributed by atoms with Gasteiger partial charge in [0.05, 0.1) is 12.6 Å². The van der Waals surface area contributed by atoms with E-state index in [9.17, 15) is 34.2 Å². The molecule has 0 fully saturated rings. The van der Waals surface area contributed by atoms with Crippen LogP contribution in [-0.4, -0.2) is 102 Å². The quantitative estimate of drug-likeness (QED) is 0.0357. The van der Waals surface area contributed by atoms with Crippen LogP contribution in [0.1, 0.15) is 52.9 Å². The lowest BCUT2D eigenvalue weighted by atomic mass is 10.0. The molecule has 0 spiro atoms. The van der Waals surface area contributed by atoms with Gasteiger partial charge in [0.1, 0.15) is 24.2 Å². The Hall–Kier alpha value is -4.19. The van der Waals surface area contributed by atoms with Gasteiger partial charge in [0, 0.05) is 13.1 Å². The normalized spacial score (nSPS) is 14.3. The fourth-order valence-electron chi connectivity index (χ4n) is 3.54. The molecule has 0 aromatic rings. The smallest absolute Gasteiger partial charge is 0.326 e. The van der Waals surface area contributed by atoms with Gasteiger partial charge in [0.15, 0.2) is 11.9 Å². The minimum Gasteiger partial charge on any atom is -0.480 e. The summed E-state index contributed by atoms with van der Waals surface area (Å²) in [7, 11) is 0. The van der Waals surface area contributed by atoms with Crippen molar-refractivity contribution < 1.29 is 34.2 Å². The minimum atomic E-state index is -1.47. The molecule has 18 heteroatoms. The zero-order chi connectivity index (χ0) is 32.4. The summed E-state index contributed by atoms with van der Waals surface area (Å²) in [6, 6.07) is -5.99. The number of carboxylic acids is 1. The number of nitrogens with zero attached hydrogens (tertiary/aromatic N) is 2. The van der Waals surface area contributed by atoms with Crippen molar-refractivity contribution in [3.05, 3.63) is 0 Å². The van der Waals surface area contributed by atoms with Crippen molar-refractivity contribution in [1.82, 2.24) is 21.3 Å². The highest BCUT2D eigenvalue weighted by Crippen LogP contribution is 2.06. The number of aliphatic carboxylic acids is 1. The van der Waals surface area contributed by atoms with Gasteiger partial charge >= 0.3 is 5.97 Å². The topological polar surface area (TPSA) is 329 Å². The molecule has 4 amide bonds. The number of carboxylic acid groups (broad SMARTS) is 1. The molecule has 5 atom stereocenters. The van der Waals surface area contributed by atoms with Crippen molar-refractivity contribution in [2.45, 2.75) is 83.1 Å². The Balaban J connectivity index is 5.33. The van der Waals surface area contributed by atoms with Gasteiger partial charge in [-0.25, -0.2) is 4.79 Å². The first-order valence-electron chi connectivity index (χ1n) is 13.5. The summed E-state index contributed by atoms with van der Waals surface area (Å²) in [6.45, 7) is 4.49. The van der Waals surface area contributed by atoms with Crippen molar-refractivity contribution in [2.24, 2.45) is 44.6 Å². The van der Waals surface area contributed by atoms with E-state index in [-0.39, 0.29) is 50.2 Å². The number of nitrogens with one attached hydrogen (secondary N) is 4. The van der Waals surface area contributed by atoms with E-state index in [0.717, 1.165) is 0 Å². The van der Waals surface area contributed by atoms with Crippen LogP contribution >= 0.6 is 0 Å². The van der Waals surface area contributed by atoms with Gasteiger partial charge in [-0.2, -0.15) is 0 Å². The zero-order valence-electron chi connectivity index (χ0n) is 24.3. The second-order valence-corrected chi connectivity index (χ2v) is 10.1. The van der Waals surface area contributed by atoms with Gasteiger partial charge in [0.25, 0.3) is 0 Å². The van der Waals surface area contributed by atoms with Crippen LogP contribution in [0.25, 0.3) is 0 Å². The third-order valence-electron chi connectivity index (χ3n) is 5.77. The Morgan fingerprint density at radius 2 is 1.17 bits per heavy atom. The minimum absolute atomic E-state index is 0.0454. The molecule has 0 aliphatic heterocycles. The number of aliphatic imine (C=N–C) groups is 2. The van der Waals surface area contributed by atoms with Crippen LogP contribution in [0.4, 0.5) is 0 Å². The number of nitrogens with two attached hydrogens (primary N) is 5. The lowest BCUT2D eigenvalue weighted by molar-refractivity contribution is -0.143. The largest absolute Gasteiger partial charge is 0.480 e. The third kappa shape index (κ3) is 16.2. The lowest BCUT2D eigenvalue weighted by Gasteiger charge is -2.24. The third-order valence-corrected chi connectivity index (χ3v) is 5.77. The highest BCUT2D eigenvalue weighted by molar-refractivity contribution is 5.95. The summed E-state index contributed by atoms with van der Waals surface area (Å²) >= 11 is 0. The number of hydrogen-bond donors (Lipinski definition) is 11. The Morgan fingerprint density at radius 3 is 1.64 bits per heavy atom. The van der Waals surface area contributed by atoms with Crippen LogP contribution in [0.15, 0.2) is 9.98 Å². The fourth-order valence-corrected chi connectivity index (χ4v) is 3.54. The van der Waals surface area contributed by atoms with E-state index in [1.165, 1.54) is 6.92 Å². The molecule has 0 aliphatic rings. The molecule has 0 rings (SSSR count). The second-order valence-electron chi connectivity index (χ2n) is 10.1. The molecular weight excluding hydrogens is 554 g/mol. The monoisotopic (exact) mass is 601 g/mol. The van der Waals surface area contributed by atoms with Crippen molar-refractivity contribution in [3.8, 4) is 0 Å². The van der Waals surface area contributed by atoms with Gasteiger partial charge in [-0.3, -0.25) is 29.2 Å². The molecule has 5 unspecified atom stereocenters. The number of carbonyl (C=O) groups excluding carboxylic acids is 4. The van der Waals surface area contributed by atoms with E-state index in [1.807, 2.05) is 0 Å². The number of amides is 4. The summed E-state index contributed by atoms with van der Waals surface area (Å²) in [4.78, 5) is 70.0. The van der Waals surface area contributed by atoms with E-state index in [2.05, 4.69) is 31.3 Å². The van der Waals surface area contributed by atoms with Crippen LogP contribution in [0, 0.1) is 5.92 Å². The first-order valence-corrected chi connectivity index (χ1v) is 13.5. The zero-order valence-corrected chi connectivity index (χ0v) is 24.3. The Bertz CT molecular complexity index is 966. The molecule has 0 heterocycles. The molecule has 0 aliphatic carbocycles. The fraction of sp³-hybridized carbons (Fsp3) is 0.708. The second kappa shape index (κ2) is 19.8. The number of hydrogen-bond acceptors (Lipinski definition) is 9. The summed E-state index contributed by atoms with van der Waals surface area (Å²) in [5.41, 5.74) is 27.1. The molecule has 0 bridgehead atoms. The molecule has 0 radical (unpaired) electrons. The highest BCUT2D eigenvalue weighted by Gasteiger charge is 2.30. The van der Waals surface area contributed by atoms with Crippen molar-refractivity contribution >= 4 is 41.5 Å². The average molecular weight is 602 g/mol. The summed E-state index contributed by atoms with van der Waals surface area (Å²) in [5, 5.41) is 28.5. The molecule has 0 saturated heterocycles. The predicted molar refractivity (Wildman–Crippen MR) is 155 cm³/mol. The van der Waals surface area contributed by atoms with Crippen molar-refractivity contribution in [2.75, 3.05) is 19.7 Å². The molecule has 18 nitrogen and oxygen atoms in total. The van der Waals surface area contributed by atoms with Crippen LogP contribution in [0.2, 0.25) is 0 Å². The van der Waals surface area contributed by atoms with E-state index in [4.69, 9.17) is 28.7 Å². The van der Waals surface area contributed by atoms with E-state index in [1.54, 1.807) is 13.8 Å². The Morgan fingerprint density at radius 1 is 0.690 bits per heavy atom. The SMILES string of the molecule is CC(C)CC(NC(=O)C(CO)NC(=O)C(C)NC(=O)C(CCCN=C(N)N)NC(=O)C(N)CCCN=C(N)N)C(=O)O. The van der Waals surface area contributed by atoms with Crippen molar-refractivity contribution in [1.29, 1.82) is 0 Å². The number of aliphatic hydroxyl groups is 1. The number of rotatable bonds is 20. The van der Waals surface area contributed by atoms with Gasteiger partial charge < -0.3 is 60.1 Å². The van der Waals surface area contributed by atoms with E-state index < -0.39 is 66.4 Å². The van der Waals surface area contributed by atoms with Gasteiger partial charge in [-0.1, -0.05) is 13.8 Å². The number of aliphatic hydroxyl groups excluding tert-OH is 1. The Labute approximate surface area is 244 Å². The van der Waals surface area contributed by atoms with E-state index in [0.29, 0.717) is 12.8 Å². The number of carbonyl (C=O) groups is 5. The van der Waals surface area contributed by atoms with E-state index >= 15 is 0 Å². The summed E-state index contributed by atoms with van der Waals surface area (Å²) < 4.78 is 0. The van der Waals surface area contributed by atoms with Gasteiger partial charge in [-0.05, 0) is 44.9 Å². The van der Waals surface area contributed by atoms with Crippen LogP contribution in [0.3, 0.4) is 0 Å². The van der Waals surface area contributed by atoms with Crippen LogP contribution < -0.4 is 49.9 Å². The van der Waals surface area contributed by atoms with Crippen LogP contribution in [-0.2, 0) is 24.0 Å². The van der Waals surface area contributed by atoms with Crippen molar-refractivity contribution in [3.63, 3.8) is 0 Å². The molecule has 0 aromatic heterocycles. The molecule has 16 N–H and O–H groups in total. The number of guanidine groups is 2. The standard InChI is InChI=1S/C24H47N11O7/c1-12(2)10-16(22(41)42)34-21(40)17(11-36)35-18(37)13(3)32-20(39)15(7-5-9-31-24(28)29)33-19(38)14(25)6-4-8-30-23(26)27/h12-17,36H,4-11,25H2,1-3H3,(H,32,39)(H,33,38)(H,34,40)(H,35,37)(H,41,42)(H4,26,27,30)(H4,28,29,31). The molecule has 240 valence electrons. The first kappa shape index (κ1) is 37.8. The summed E-state index contributed by atoms with van der Waals surface area (Å²) in [5.74, 6) is -4.63. The maximum atomic E-state index is 13.0. The predicted octanol–water partition coefficient (Wildman–Crippen LogP) is -4.50. The van der Waals surface area contributed by atoms with Gasteiger partial charge in [0.2, 0.25) is 23.6 Å². The molecule has 0 saturated carbocycles. The molecular formula is C24H47N11O7. The van der Waals surface area contributed by atoms with Gasteiger partial charge in [-0.15, -0.1) is 0 Å². The highest BCUT2D eigenvalue weighted by atomic mass is 16.4. The van der Waals surface area contributed by atoms with Crippen LogP contribution in [0.5, 0.6) is 0 Å². The lowest BCUT2D eigenvalue weighted by Crippen LogP contribution is -2.58.